The Morgan fingerprint density at radius 3 is 1.17 bits per heavy atom. The number of hydrogen-bond donors (Lipinski definition) is 1. The van der Waals surface area contributed by atoms with Gasteiger partial charge in [-0.15, -0.1) is 0 Å². The van der Waals surface area contributed by atoms with Crippen molar-refractivity contribution in [1.82, 2.24) is 0 Å². The fourth-order valence-electron chi connectivity index (χ4n) is 8.14. The summed E-state index contributed by atoms with van der Waals surface area (Å²) in [5.41, 5.74) is 0. The first-order valence-electron chi connectivity index (χ1n) is 19.9. The lowest BCUT2D eigenvalue weighted by Gasteiger charge is -2.33. The first-order valence-corrected chi connectivity index (χ1v) is 19.9. The summed E-state index contributed by atoms with van der Waals surface area (Å²) in [6.07, 6.45) is 38.3. The highest BCUT2D eigenvalue weighted by Gasteiger charge is 2.20. The Balaban J connectivity index is 1.84. The standard InChI is InChI=1S/C39H81N3/c1-5-42(4)36-28-20-11-7-9-16-24-32-40(33-25-17-13-21-29-37-42)38-39-30-22-14-8-6-10-18-26-34-41(2,3)35-27-19-12-15-23-31-39/h39H,5-38H2,1-4H3/q+2/p+1. The molecule has 2 saturated heterocycles. The molecule has 0 saturated carbocycles. The van der Waals surface area contributed by atoms with Crippen molar-refractivity contribution in [2.24, 2.45) is 5.92 Å². The van der Waals surface area contributed by atoms with Gasteiger partial charge < -0.3 is 13.9 Å². The molecule has 0 bridgehead atoms. The van der Waals surface area contributed by atoms with Gasteiger partial charge in [-0.3, -0.25) is 0 Å². The lowest BCUT2D eigenvalue weighted by atomic mass is 9.93. The van der Waals surface area contributed by atoms with Crippen LogP contribution in [0.25, 0.3) is 0 Å². The van der Waals surface area contributed by atoms with Crippen molar-refractivity contribution in [3.05, 3.63) is 0 Å². The summed E-state index contributed by atoms with van der Waals surface area (Å²) in [5.74, 6) is 0.983. The molecular weight excluding hydrogens is 510 g/mol. The van der Waals surface area contributed by atoms with E-state index in [1.54, 1.807) is 0 Å². The number of quaternary nitrogens is 3. The van der Waals surface area contributed by atoms with Crippen molar-refractivity contribution in [1.29, 1.82) is 0 Å². The molecule has 3 heteroatoms. The van der Waals surface area contributed by atoms with E-state index in [4.69, 9.17) is 0 Å². The lowest BCUT2D eigenvalue weighted by molar-refractivity contribution is -0.908. The molecule has 3 nitrogen and oxygen atoms in total. The largest absolute Gasteiger partial charge is 0.335 e. The highest BCUT2D eigenvalue weighted by Crippen LogP contribution is 2.20. The second kappa shape index (κ2) is 24.2. The van der Waals surface area contributed by atoms with Gasteiger partial charge in [-0.05, 0) is 96.8 Å². The maximum Gasteiger partial charge on any atom is 0.0799 e. The van der Waals surface area contributed by atoms with Crippen LogP contribution < -0.4 is 4.90 Å². The van der Waals surface area contributed by atoms with Crippen LogP contribution in [-0.2, 0) is 0 Å². The molecule has 0 amide bonds. The van der Waals surface area contributed by atoms with Crippen LogP contribution in [0.3, 0.4) is 0 Å². The Morgan fingerprint density at radius 2 is 0.762 bits per heavy atom. The van der Waals surface area contributed by atoms with Crippen molar-refractivity contribution >= 4 is 0 Å². The van der Waals surface area contributed by atoms with E-state index < -0.39 is 0 Å². The first kappa shape index (κ1) is 38.1. The Kier molecular flexibility index (Phi) is 21.9. The predicted octanol–water partition coefficient (Wildman–Crippen LogP) is 9.20. The molecule has 0 aliphatic carbocycles. The van der Waals surface area contributed by atoms with E-state index in [1.165, 1.54) is 228 Å². The first-order chi connectivity index (χ1) is 20.4. The van der Waals surface area contributed by atoms with Crippen molar-refractivity contribution in [3.63, 3.8) is 0 Å². The summed E-state index contributed by atoms with van der Waals surface area (Å²) < 4.78 is 2.56. The number of nitrogens with one attached hydrogen (secondary N) is 1. The van der Waals surface area contributed by atoms with Crippen molar-refractivity contribution in [3.8, 4) is 0 Å². The summed E-state index contributed by atoms with van der Waals surface area (Å²) in [6, 6.07) is 0. The fourth-order valence-corrected chi connectivity index (χ4v) is 8.14. The average molecular weight is 593 g/mol. The van der Waals surface area contributed by atoms with Gasteiger partial charge in [-0.2, -0.15) is 0 Å². The normalized spacial score (nSPS) is 31.1. The minimum Gasteiger partial charge on any atom is -0.335 e. The van der Waals surface area contributed by atoms with Gasteiger partial charge >= 0.3 is 0 Å². The van der Waals surface area contributed by atoms with Crippen molar-refractivity contribution in [2.75, 3.05) is 73.5 Å². The smallest absolute Gasteiger partial charge is 0.0799 e. The van der Waals surface area contributed by atoms with Gasteiger partial charge in [0.25, 0.3) is 0 Å². The van der Waals surface area contributed by atoms with Gasteiger partial charge in [0.1, 0.15) is 0 Å². The van der Waals surface area contributed by atoms with E-state index in [-0.39, 0.29) is 0 Å². The zero-order valence-corrected chi connectivity index (χ0v) is 30.0. The van der Waals surface area contributed by atoms with Crippen LogP contribution in [0.2, 0.25) is 0 Å². The summed E-state index contributed by atoms with van der Waals surface area (Å²) in [4.78, 5) is 1.98. The van der Waals surface area contributed by atoms with E-state index in [0.717, 1.165) is 5.92 Å². The second-order valence-corrected chi connectivity index (χ2v) is 16.1. The monoisotopic (exact) mass is 593 g/mol. The molecule has 2 fully saturated rings. The summed E-state index contributed by atoms with van der Waals surface area (Å²) in [7, 11) is 7.46. The highest BCUT2D eigenvalue weighted by molar-refractivity contribution is 4.61. The lowest BCUT2D eigenvalue weighted by Crippen LogP contribution is -3.12. The van der Waals surface area contributed by atoms with E-state index in [0.29, 0.717) is 0 Å². The quantitative estimate of drug-likeness (QED) is 0.312. The van der Waals surface area contributed by atoms with Gasteiger partial charge in [0.15, 0.2) is 0 Å². The Hall–Kier alpha value is -0.120. The Morgan fingerprint density at radius 1 is 0.429 bits per heavy atom. The molecule has 0 radical (unpaired) electrons. The highest BCUT2D eigenvalue weighted by atomic mass is 15.3. The Labute approximate surface area is 266 Å². The van der Waals surface area contributed by atoms with Gasteiger partial charge in [-0.1, -0.05) is 77.0 Å². The topological polar surface area (TPSA) is 4.44 Å². The van der Waals surface area contributed by atoms with Gasteiger partial charge in [0.2, 0.25) is 0 Å². The van der Waals surface area contributed by atoms with E-state index in [9.17, 15) is 0 Å². The molecule has 1 N–H and O–H groups in total. The number of rotatable bonds is 3. The zero-order chi connectivity index (χ0) is 30.2. The third-order valence-corrected chi connectivity index (χ3v) is 11.5. The van der Waals surface area contributed by atoms with Gasteiger partial charge in [0, 0.05) is 5.92 Å². The summed E-state index contributed by atoms with van der Waals surface area (Å²) in [6.45, 7) is 13.7. The van der Waals surface area contributed by atoms with Crippen LogP contribution in [0.5, 0.6) is 0 Å². The van der Waals surface area contributed by atoms with E-state index in [2.05, 4.69) is 28.1 Å². The van der Waals surface area contributed by atoms with Crippen LogP contribution in [0, 0.1) is 5.92 Å². The molecule has 0 aromatic carbocycles. The zero-order valence-electron chi connectivity index (χ0n) is 30.0. The Bertz CT molecular complexity index is 604. The summed E-state index contributed by atoms with van der Waals surface area (Å²) in [5, 5.41) is 0. The molecule has 3 atom stereocenters. The molecule has 0 spiro atoms. The third kappa shape index (κ3) is 20.0. The molecule has 2 heterocycles. The number of hydrogen-bond acceptors (Lipinski definition) is 0. The molecule has 42 heavy (non-hydrogen) atoms. The van der Waals surface area contributed by atoms with Crippen LogP contribution in [0.4, 0.5) is 0 Å². The molecule has 2 aliphatic heterocycles. The predicted molar refractivity (Wildman–Crippen MR) is 187 cm³/mol. The fraction of sp³-hybridized carbons (Fsp3) is 1.00. The second-order valence-electron chi connectivity index (χ2n) is 16.1. The molecule has 250 valence electrons. The molecule has 0 aromatic heterocycles. The van der Waals surface area contributed by atoms with Crippen LogP contribution >= 0.6 is 0 Å². The number of nitrogens with zero attached hydrogens (tertiary/aromatic N) is 2. The maximum absolute atomic E-state index is 2.52. The van der Waals surface area contributed by atoms with Crippen LogP contribution in [0.1, 0.15) is 174 Å². The maximum atomic E-state index is 2.52. The van der Waals surface area contributed by atoms with E-state index >= 15 is 0 Å². The summed E-state index contributed by atoms with van der Waals surface area (Å²) >= 11 is 0. The SMILES string of the molecule is CC[N+]1(C)CCCCCCCCC[NH+](CC2CCCCCCCCC[N+](C)(C)CCCCCCC2)CCCCCCC1. The van der Waals surface area contributed by atoms with Crippen LogP contribution in [-0.4, -0.2) is 82.5 Å². The minimum atomic E-state index is 0.983. The van der Waals surface area contributed by atoms with Crippen molar-refractivity contribution in [2.45, 2.75) is 174 Å². The average Bonchev–Trinajstić information content (AvgIpc) is 2.97. The van der Waals surface area contributed by atoms with Crippen molar-refractivity contribution < 1.29 is 13.9 Å². The molecule has 0 aromatic rings. The minimum absolute atomic E-state index is 0.983. The van der Waals surface area contributed by atoms with Crippen LogP contribution in [0.15, 0.2) is 0 Å². The third-order valence-electron chi connectivity index (χ3n) is 11.5. The molecule has 2 rings (SSSR count). The van der Waals surface area contributed by atoms with E-state index in [1.807, 2.05) is 4.90 Å². The van der Waals surface area contributed by atoms with Gasteiger partial charge in [0.05, 0.1) is 73.5 Å². The molecular formula is C39H82N3+3. The van der Waals surface area contributed by atoms with Gasteiger partial charge in [-0.25, -0.2) is 0 Å². The molecule has 2 aliphatic rings. The molecule has 3 unspecified atom stereocenters.